The smallest absolute Gasteiger partial charge is 0.223 e. The number of fused-ring (bicyclic) bond motifs is 1. The molecule has 0 aromatic heterocycles. The molecular formula is C20H23NO2. The average Bonchev–Trinajstić information content (AvgIpc) is 2.55. The van der Waals surface area contributed by atoms with Crippen molar-refractivity contribution < 1.29 is 9.90 Å². The molecule has 2 atom stereocenters. The Morgan fingerprint density at radius 1 is 1.17 bits per heavy atom. The summed E-state index contributed by atoms with van der Waals surface area (Å²) in [5.74, 6) is -0.111. The number of rotatable bonds is 4. The maximum atomic E-state index is 12.4. The van der Waals surface area contributed by atoms with Gasteiger partial charge in [-0.25, -0.2) is 0 Å². The number of amides is 1. The summed E-state index contributed by atoms with van der Waals surface area (Å²) in [6.45, 7) is 1.69. The molecule has 2 aromatic carbocycles. The number of carbonyl (C=O) groups is 1. The van der Waals surface area contributed by atoms with E-state index in [1.54, 1.807) is 6.92 Å². The molecule has 3 heteroatoms. The summed E-state index contributed by atoms with van der Waals surface area (Å²) in [6, 6.07) is 17.7. The number of aryl methyl sites for hydroxylation is 1. The molecule has 0 saturated carbocycles. The maximum Gasteiger partial charge on any atom is 0.223 e. The molecular weight excluding hydrogens is 286 g/mol. The summed E-state index contributed by atoms with van der Waals surface area (Å²) < 4.78 is 0. The zero-order valence-electron chi connectivity index (χ0n) is 13.5. The molecule has 0 aliphatic heterocycles. The fraction of sp³-hybridized carbons (Fsp3) is 0.350. The highest BCUT2D eigenvalue weighted by Gasteiger charge is 2.28. The Balaban J connectivity index is 1.69. The van der Waals surface area contributed by atoms with Crippen molar-refractivity contribution in [2.45, 2.75) is 44.2 Å². The monoisotopic (exact) mass is 309 g/mol. The van der Waals surface area contributed by atoms with Gasteiger partial charge in [-0.1, -0.05) is 54.6 Å². The van der Waals surface area contributed by atoms with Gasteiger partial charge in [0.15, 0.2) is 0 Å². The Morgan fingerprint density at radius 2 is 1.87 bits per heavy atom. The third kappa shape index (κ3) is 3.62. The van der Waals surface area contributed by atoms with Gasteiger partial charge in [-0.2, -0.15) is 0 Å². The van der Waals surface area contributed by atoms with Crippen molar-refractivity contribution >= 4 is 5.91 Å². The topological polar surface area (TPSA) is 49.3 Å². The molecule has 2 aromatic rings. The first-order valence-corrected chi connectivity index (χ1v) is 8.21. The Kier molecular flexibility index (Phi) is 4.49. The van der Waals surface area contributed by atoms with Crippen LogP contribution >= 0.6 is 0 Å². The summed E-state index contributed by atoms with van der Waals surface area (Å²) >= 11 is 0. The second-order valence-electron chi connectivity index (χ2n) is 6.53. The summed E-state index contributed by atoms with van der Waals surface area (Å²) in [7, 11) is 0. The van der Waals surface area contributed by atoms with Crippen LogP contribution in [0, 0.1) is 0 Å². The van der Waals surface area contributed by atoms with E-state index in [1.165, 1.54) is 11.1 Å². The number of carbonyl (C=O) groups excluding carboxylic acids is 1. The lowest BCUT2D eigenvalue weighted by Gasteiger charge is -2.28. The summed E-state index contributed by atoms with van der Waals surface area (Å²) in [4.78, 5) is 12.4. The van der Waals surface area contributed by atoms with Gasteiger partial charge in [0.05, 0.1) is 18.1 Å². The standard InChI is InChI=1S/C20H23NO2/c1-20(23,16-10-3-2-4-11-16)14-19(22)21-18-13-7-9-15-8-5-6-12-17(15)18/h2-6,8,10-12,18,23H,7,9,13-14H2,1H3,(H,21,22). The minimum Gasteiger partial charge on any atom is -0.385 e. The molecule has 0 bridgehead atoms. The van der Waals surface area contributed by atoms with Gasteiger partial charge in [-0.3, -0.25) is 4.79 Å². The second kappa shape index (κ2) is 6.55. The number of benzene rings is 2. The molecule has 2 unspecified atom stereocenters. The minimum absolute atomic E-state index is 0.0547. The van der Waals surface area contributed by atoms with Gasteiger partial charge in [0.2, 0.25) is 5.91 Å². The van der Waals surface area contributed by atoms with Crippen LogP contribution in [0.2, 0.25) is 0 Å². The molecule has 0 radical (unpaired) electrons. The Morgan fingerprint density at radius 3 is 2.65 bits per heavy atom. The van der Waals surface area contributed by atoms with Gasteiger partial charge >= 0.3 is 0 Å². The summed E-state index contributed by atoms with van der Waals surface area (Å²) in [5, 5.41) is 13.7. The van der Waals surface area contributed by atoms with E-state index in [2.05, 4.69) is 17.4 Å². The summed E-state index contributed by atoms with van der Waals surface area (Å²) in [5.41, 5.74) is 2.14. The molecule has 3 rings (SSSR count). The molecule has 1 aliphatic carbocycles. The van der Waals surface area contributed by atoms with Gasteiger partial charge in [-0.05, 0) is 42.9 Å². The highest BCUT2D eigenvalue weighted by molar-refractivity contribution is 5.78. The van der Waals surface area contributed by atoms with Crippen LogP contribution in [-0.4, -0.2) is 11.0 Å². The molecule has 1 amide bonds. The molecule has 120 valence electrons. The first kappa shape index (κ1) is 15.8. The van der Waals surface area contributed by atoms with Crippen molar-refractivity contribution in [3.63, 3.8) is 0 Å². The largest absolute Gasteiger partial charge is 0.385 e. The molecule has 1 aliphatic rings. The van der Waals surface area contributed by atoms with Gasteiger partial charge in [0.25, 0.3) is 0 Å². The second-order valence-corrected chi connectivity index (χ2v) is 6.53. The van der Waals surface area contributed by atoms with E-state index in [4.69, 9.17) is 0 Å². The SMILES string of the molecule is CC(O)(CC(=O)NC1CCCc2ccccc21)c1ccccc1. The first-order chi connectivity index (χ1) is 11.1. The van der Waals surface area contributed by atoms with E-state index in [-0.39, 0.29) is 18.4 Å². The van der Waals surface area contributed by atoms with Crippen LogP contribution in [0.5, 0.6) is 0 Å². The Hall–Kier alpha value is -2.13. The van der Waals surface area contributed by atoms with Crippen LogP contribution in [0.25, 0.3) is 0 Å². The molecule has 0 heterocycles. The van der Waals surface area contributed by atoms with E-state index in [0.717, 1.165) is 24.8 Å². The van der Waals surface area contributed by atoms with Crippen LogP contribution < -0.4 is 5.32 Å². The number of hydrogen-bond acceptors (Lipinski definition) is 2. The number of nitrogens with one attached hydrogen (secondary N) is 1. The Bertz CT molecular complexity index is 679. The van der Waals surface area contributed by atoms with Crippen molar-refractivity contribution in [2.75, 3.05) is 0 Å². The van der Waals surface area contributed by atoms with Crippen molar-refractivity contribution in [3.05, 3.63) is 71.3 Å². The maximum absolute atomic E-state index is 12.4. The lowest BCUT2D eigenvalue weighted by atomic mass is 9.87. The Labute approximate surface area is 137 Å². The molecule has 0 saturated heterocycles. The van der Waals surface area contributed by atoms with E-state index in [9.17, 15) is 9.90 Å². The minimum atomic E-state index is -1.15. The van der Waals surface area contributed by atoms with Gasteiger partial charge < -0.3 is 10.4 Å². The van der Waals surface area contributed by atoms with Gasteiger partial charge in [-0.15, -0.1) is 0 Å². The highest BCUT2D eigenvalue weighted by atomic mass is 16.3. The van der Waals surface area contributed by atoms with Gasteiger partial charge in [0, 0.05) is 0 Å². The van der Waals surface area contributed by atoms with Crippen LogP contribution in [0.1, 0.15) is 48.9 Å². The molecule has 0 spiro atoms. The highest BCUT2D eigenvalue weighted by Crippen LogP contribution is 2.30. The fourth-order valence-corrected chi connectivity index (χ4v) is 3.36. The lowest BCUT2D eigenvalue weighted by Crippen LogP contribution is -2.36. The van der Waals surface area contributed by atoms with Crippen molar-refractivity contribution in [1.29, 1.82) is 0 Å². The zero-order chi connectivity index (χ0) is 16.3. The summed E-state index contributed by atoms with van der Waals surface area (Å²) in [6.07, 6.45) is 3.17. The molecule has 3 nitrogen and oxygen atoms in total. The van der Waals surface area contributed by atoms with Crippen molar-refractivity contribution in [1.82, 2.24) is 5.32 Å². The number of aliphatic hydroxyl groups is 1. The van der Waals surface area contributed by atoms with Crippen molar-refractivity contribution in [2.24, 2.45) is 0 Å². The third-order valence-corrected chi connectivity index (χ3v) is 4.61. The molecule has 2 N–H and O–H groups in total. The van der Waals surface area contributed by atoms with Crippen LogP contribution in [0.15, 0.2) is 54.6 Å². The average molecular weight is 309 g/mol. The predicted molar refractivity (Wildman–Crippen MR) is 90.9 cm³/mol. The van der Waals surface area contributed by atoms with Crippen molar-refractivity contribution in [3.8, 4) is 0 Å². The number of hydrogen-bond donors (Lipinski definition) is 2. The van der Waals surface area contributed by atoms with E-state index in [1.807, 2.05) is 42.5 Å². The fourth-order valence-electron chi connectivity index (χ4n) is 3.36. The van der Waals surface area contributed by atoms with E-state index >= 15 is 0 Å². The van der Waals surface area contributed by atoms with Crippen LogP contribution in [0.3, 0.4) is 0 Å². The molecule has 23 heavy (non-hydrogen) atoms. The van der Waals surface area contributed by atoms with E-state index < -0.39 is 5.60 Å². The van der Waals surface area contributed by atoms with E-state index in [0.29, 0.717) is 0 Å². The van der Waals surface area contributed by atoms with Gasteiger partial charge in [0.1, 0.15) is 0 Å². The van der Waals surface area contributed by atoms with Crippen LogP contribution in [0.4, 0.5) is 0 Å². The van der Waals surface area contributed by atoms with Crippen LogP contribution in [-0.2, 0) is 16.8 Å². The third-order valence-electron chi connectivity index (χ3n) is 4.61. The molecule has 0 fully saturated rings. The lowest BCUT2D eigenvalue weighted by molar-refractivity contribution is -0.126. The normalized spacial score (nSPS) is 19.5. The zero-order valence-corrected chi connectivity index (χ0v) is 13.5. The predicted octanol–water partition coefficient (Wildman–Crippen LogP) is 3.48. The quantitative estimate of drug-likeness (QED) is 0.908. The first-order valence-electron chi connectivity index (χ1n) is 8.21.